The molecule has 1 amide bonds. The number of carbonyl (C=O) groups is 1. The van der Waals surface area contributed by atoms with Crippen molar-refractivity contribution in [2.75, 3.05) is 13.6 Å². The van der Waals surface area contributed by atoms with Crippen molar-refractivity contribution in [3.8, 4) is 5.75 Å². The second kappa shape index (κ2) is 9.02. The zero-order chi connectivity index (χ0) is 27.6. The maximum Gasteiger partial charge on any atom is 0.495 e. The molecule has 0 N–H and O–H groups in total. The van der Waals surface area contributed by atoms with Gasteiger partial charge in [0.1, 0.15) is 17.2 Å². The summed E-state index contributed by atoms with van der Waals surface area (Å²) in [6, 6.07) is 11.2. The van der Waals surface area contributed by atoms with Gasteiger partial charge in [-0.3, -0.25) is 0 Å². The van der Waals surface area contributed by atoms with E-state index in [0.717, 1.165) is 11.1 Å². The van der Waals surface area contributed by atoms with E-state index in [9.17, 15) is 4.79 Å². The van der Waals surface area contributed by atoms with Gasteiger partial charge in [0, 0.05) is 24.6 Å². The van der Waals surface area contributed by atoms with Gasteiger partial charge in [0.15, 0.2) is 5.60 Å². The summed E-state index contributed by atoms with van der Waals surface area (Å²) in [5, 5.41) is 0. The SMILES string of the molecule is Cc1c(F)cc2c(c1B1OC(C)(C)C(C)(C)O1)[C@H](C)[C@@](CN(C)C(=O)OC(C)(C)C)(c1ccccc1)O2. The van der Waals surface area contributed by atoms with E-state index in [4.69, 9.17) is 18.8 Å². The topological polar surface area (TPSA) is 57.2 Å². The Hall–Kier alpha value is -2.58. The van der Waals surface area contributed by atoms with Crippen molar-refractivity contribution in [3.05, 3.63) is 58.9 Å². The molecule has 2 aliphatic heterocycles. The Morgan fingerprint density at radius 2 is 1.68 bits per heavy atom. The Morgan fingerprint density at radius 3 is 2.22 bits per heavy atom. The minimum absolute atomic E-state index is 0.200. The van der Waals surface area contributed by atoms with Gasteiger partial charge in [0.2, 0.25) is 0 Å². The quantitative estimate of drug-likeness (QED) is 0.494. The molecule has 0 aliphatic carbocycles. The number of halogens is 1. The molecule has 2 heterocycles. The zero-order valence-electron chi connectivity index (χ0n) is 23.7. The number of nitrogens with zero attached hydrogens (tertiary/aromatic N) is 1. The molecule has 200 valence electrons. The van der Waals surface area contributed by atoms with Gasteiger partial charge in [-0.1, -0.05) is 37.3 Å². The smallest absolute Gasteiger partial charge is 0.480 e. The highest BCUT2D eigenvalue weighted by Gasteiger charge is 2.56. The van der Waals surface area contributed by atoms with Crippen LogP contribution in [0.15, 0.2) is 36.4 Å². The summed E-state index contributed by atoms with van der Waals surface area (Å²) in [5.74, 6) is -0.218. The van der Waals surface area contributed by atoms with Crippen LogP contribution in [0.5, 0.6) is 5.75 Å². The number of amides is 1. The van der Waals surface area contributed by atoms with Crippen LogP contribution in [0.1, 0.15) is 78.0 Å². The summed E-state index contributed by atoms with van der Waals surface area (Å²) in [6.07, 6.45) is -0.455. The predicted molar refractivity (Wildman–Crippen MR) is 143 cm³/mol. The average Bonchev–Trinajstić information content (AvgIpc) is 3.17. The molecular formula is C29H39BFNO5. The molecule has 1 fully saturated rings. The van der Waals surface area contributed by atoms with Gasteiger partial charge in [-0.15, -0.1) is 0 Å². The van der Waals surface area contributed by atoms with Crippen LogP contribution in [0, 0.1) is 12.7 Å². The van der Waals surface area contributed by atoms with Gasteiger partial charge in [0.05, 0.1) is 17.7 Å². The van der Waals surface area contributed by atoms with Gasteiger partial charge in [-0.2, -0.15) is 0 Å². The molecule has 2 atom stereocenters. The first-order valence-corrected chi connectivity index (χ1v) is 12.9. The van der Waals surface area contributed by atoms with Gasteiger partial charge in [-0.25, -0.2) is 9.18 Å². The van der Waals surface area contributed by atoms with Gasteiger partial charge in [-0.05, 0) is 72.0 Å². The average molecular weight is 511 g/mol. The Labute approximate surface area is 220 Å². The van der Waals surface area contributed by atoms with E-state index < -0.39 is 35.6 Å². The van der Waals surface area contributed by atoms with Gasteiger partial charge >= 0.3 is 13.2 Å². The van der Waals surface area contributed by atoms with Crippen molar-refractivity contribution in [2.45, 2.75) is 90.6 Å². The Balaban J connectivity index is 1.83. The van der Waals surface area contributed by atoms with E-state index in [1.807, 2.05) is 85.7 Å². The fourth-order valence-corrected chi connectivity index (χ4v) is 5.12. The van der Waals surface area contributed by atoms with Crippen molar-refractivity contribution in [1.29, 1.82) is 0 Å². The summed E-state index contributed by atoms with van der Waals surface area (Å²) in [4.78, 5) is 14.5. The summed E-state index contributed by atoms with van der Waals surface area (Å²) in [6.45, 7) is 17.4. The van der Waals surface area contributed by atoms with Crippen LogP contribution in [0.4, 0.5) is 9.18 Å². The number of carbonyl (C=O) groups excluding carboxylic acids is 1. The van der Waals surface area contributed by atoms with Crippen LogP contribution >= 0.6 is 0 Å². The fourth-order valence-electron chi connectivity index (χ4n) is 5.12. The second-order valence-electron chi connectivity index (χ2n) is 12.3. The monoisotopic (exact) mass is 511 g/mol. The minimum Gasteiger partial charge on any atom is -0.480 e. The summed E-state index contributed by atoms with van der Waals surface area (Å²) >= 11 is 0. The van der Waals surface area contributed by atoms with Crippen LogP contribution < -0.4 is 10.2 Å². The van der Waals surface area contributed by atoms with Crippen molar-refractivity contribution in [2.24, 2.45) is 0 Å². The lowest BCUT2D eigenvalue weighted by atomic mass is 9.68. The summed E-state index contributed by atoms with van der Waals surface area (Å²) in [5.41, 5.74) is 0.0506. The van der Waals surface area contributed by atoms with Crippen LogP contribution in [-0.2, 0) is 19.6 Å². The highest BCUT2D eigenvalue weighted by molar-refractivity contribution is 6.63. The molecule has 0 saturated carbocycles. The lowest BCUT2D eigenvalue weighted by Gasteiger charge is -2.37. The molecule has 0 unspecified atom stereocenters. The van der Waals surface area contributed by atoms with Crippen molar-refractivity contribution in [3.63, 3.8) is 0 Å². The predicted octanol–water partition coefficient (Wildman–Crippen LogP) is 5.69. The number of hydrogen-bond donors (Lipinski definition) is 0. The molecule has 37 heavy (non-hydrogen) atoms. The van der Waals surface area contributed by atoms with Crippen molar-refractivity contribution in [1.82, 2.24) is 4.90 Å². The standard InChI is InChI=1S/C29H39BFNO5/c1-18-21(31)16-22-23(24(18)30-36-27(6,7)28(8,9)37-30)19(2)29(34-22,20-14-12-11-13-15-20)17-32(10)25(33)35-26(3,4)5/h11-16,19H,17H2,1-10H3/t19-,29-/m0/s1. The Bertz CT molecular complexity index is 1180. The third-order valence-corrected chi connectivity index (χ3v) is 7.93. The molecule has 4 rings (SSSR count). The number of benzene rings is 2. The fraction of sp³-hybridized carbons (Fsp3) is 0.552. The lowest BCUT2D eigenvalue weighted by Crippen LogP contribution is -2.48. The number of rotatable bonds is 4. The maximum atomic E-state index is 15.4. The maximum absolute atomic E-state index is 15.4. The van der Waals surface area contributed by atoms with Crippen molar-refractivity contribution < 1.29 is 28.0 Å². The Morgan fingerprint density at radius 1 is 1.11 bits per heavy atom. The normalized spacial score (nSPS) is 24.0. The van der Waals surface area contributed by atoms with Gasteiger partial charge in [0.25, 0.3) is 0 Å². The largest absolute Gasteiger partial charge is 0.495 e. The van der Waals surface area contributed by atoms with Crippen LogP contribution in [0.3, 0.4) is 0 Å². The van der Waals surface area contributed by atoms with Crippen LogP contribution in [0.2, 0.25) is 0 Å². The van der Waals surface area contributed by atoms with E-state index in [2.05, 4.69) is 0 Å². The van der Waals surface area contributed by atoms with Crippen molar-refractivity contribution >= 4 is 18.7 Å². The number of hydrogen-bond acceptors (Lipinski definition) is 5. The molecule has 1 saturated heterocycles. The summed E-state index contributed by atoms with van der Waals surface area (Å²) in [7, 11) is 0.939. The van der Waals surface area contributed by atoms with E-state index in [1.54, 1.807) is 14.0 Å². The molecule has 0 aromatic heterocycles. The second-order valence-corrected chi connectivity index (χ2v) is 12.3. The molecular weight excluding hydrogens is 472 g/mol. The molecule has 8 heteroatoms. The molecule has 0 radical (unpaired) electrons. The highest BCUT2D eigenvalue weighted by Crippen LogP contribution is 2.51. The highest BCUT2D eigenvalue weighted by atomic mass is 19.1. The first kappa shape index (κ1) is 27.5. The van der Waals surface area contributed by atoms with Crippen LogP contribution in [-0.4, -0.2) is 48.5 Å². The number of likely N-dealkylation sites (N-methyl/N-ethyl adjacent to an activating group) is 1. The zero-order valence-corrected chi connectivity index (χ0v) is 23.7. The van der Waals surface area contributed by atoms with Crippen LogP contribution in [0.25, 0.3) is 0 Å². The first-order valence-electron chi connectivity index (χ1n) is 12.9. The molecule has 2 aliphatic rings. The number of fused-ring (bicyclic) bond motifs is 1. The molecule has 0 bridgehead atoms. The first-order chi connectivity index (χ1) is 17.0. The number of ether oxygens (including phenoxy) is 2. The molecule has 6 nitrogen and oxygen atoms in total. The molecule has 2 aromatic carbocycles. The van der Waals surface area contributed by atoms with E-state index in [1.165, 1.54) is 11.0 Å². The molecule has 0 spiro atoms. The molecule has 2 aromatic rings. The Kier molecular flexibility index (Phi) is 6.69. The third-order valence-electron chi connectivity index (χ3n) is 7.93. The summed E-state index contributed by atoms with van der Waals surface area (Å²) < 4.78 is 40.4. The van der Waals surface area contributed by atoms with E-state index in [0.29, 0.717) is 16.8 Å². The third kappa shape index (κ3) is 4.74. The minimum atomic E-state index is -0.978. The van der Waals surface area contributed by atoms with E-state index in [-0.39, 0.29) is 18.3 Å². The van der Waals surface area contributed by atoms with Gasteiger partial charge < -0.3 is 23.7 Å². The lowest BCUT2D eigenvalue weighted by molar-refractivity contribution is -0.000668. The van der Waals surface area contributed by atoms with E-state index >= 15 is 4.39 Å².